The Bertz CT molecular complexity index is 567. The van der Waals surface area contributed by atoms with Crippen molar-refractivity contribution < 1.29 is 28.6 Å². The number of hydrogen-bond donors (Lipinski definition) is 0. The molecule has 23 heavy (non-hydrogen) atoms. The van der Waals surface area contributed by atoms with Gasteiger partial charge < -0.3 is 14.2 Å². The minimum absolute atomic E-state index is 0.153. The normalized spacial score (nSPS) is 36.7. The summed E-state index contributed by atoms with van der Waals surface area (Å²) in [6.45, 7) is 7.17. The van der Waals surface area contributed by atoms with Gasteiger partial charge in [-0.2, -0.15) is 0 Å². The van der Waals surface area contributed by atoms with Crippen LogP contribution in [-0.2, 0) is 28.6 Å². The number of esters is 3. The Morgan fingerprint density at radius 3 is 2.87 bits per heavy atom. The summed E-state index contributed by atoms with van der Waals surface area (Å²) < 4.78 is 15.9. The highest BCUT2D eigenvalue weighted by Gasteiger charge is 2.69. The van der Waals surface area contributed by atoms with E-state index in [0.29, 0.717) is 12.0 Å². The predicted octanol–water partition coefficient (Wildman–Crippen LogP) is 1.77. The third-order valence-electron chi connectivity index (χ3n) is 5.33. The summed E-state index contributed by atoms with van der Waals surface area (Å²) >= 11 is 0. The quantitative estimate of drug-likeness (QED) is 0.321. The smallest absolute Gasteiger partial charge is 0.333 e. The minimum Gasteiger partial charge on any atom is -0.462 e. The van der Waals surface area contributed by atoms with Gasteiger partial charge in [0.15, 0.2) is 0 Å². The van der Waals surface area contributed by atoms with Crippen LogP contribution < -0.4 is 0 Å². The van der Waals surface area contributed by atoms with Gasteiger partial charge in [0.1, 0.15) is 12.2 Å². The summed E-state index contributed by atoms with van der Waals surface area (Å²) in [4.78, 5) is 35.1. The average molecular weight is 322 g/mol. The van der Waals surface area contributed by atoms with Crippen LogP contribution in [0.5, 0.6) is 0 Å². The first-order valence-electron chi connectivity index (χ1n) is 8.06. The van der Waals surface area contributed by atoms with Crippen molar-refractivity contribution in [2.75, 3.05) is 6.61 Å². The van der Waals surface area contributed by atoms with Crippen molar-refractivity contribution in [3.05, 3.63) is 12.2 Å². The Balaban J connectivity index is 1.44. The Morgan fingerprint density at radius 2 is 2.17 bits per heavy atom. The number of hydrogen-bond acceptors (Lipinski definition) is 6. The van der Waals surface area contributed by atoms with Gasteiger partial charge in [0.25, 0.3) is 0 Å². The lowest BCUT2D eigenvalue weighted by atomic mass is 9.75. The van der Waals surface area contributed by atoms with E-state index in [-0.39, 0.29) is 54.4 Å². The third-order valence-corrected chi connectivity index (χ3v) is 5.33. The Morgan fingerprint density at radius 1 is 1.43 bits per heavy atom. The Hall–Kier alpha value is -1.85. The molecule has 3 fully saturated rings. The van der Waals surface area contributed by atoms with Gasteiger partial charge in [-0.1, -0.05) is 6.58 Å². The average Bonchev–Trinajstić information content (AvgIpc) is 3.04. The summed E-state index contributed by atoms with van der Waals surface area (Å²) in [7, 11) is 0. The van der Waals surface area contributed by atoms with Crippen LogP contribution in [0.15, 0.2) is 12.2 Å². The lowest BCUT2D eigenvalue weighted by Gasteiger charge is -2.29. The largest absolute Gasteiger partial charge is 0.462 e. The van der Waals surface area contributed by atoms with Crippen LogP contribution in [0, 0.1) is 17.3 Å². The monoisotopic (exact) mass is 322 g/mol. The summed E-state index contributed by atoms with van der Waals surface area (Å²) in [5.74, 6) is -0.552. The molecule has 126 valence electrons. The number of carbonyl (C=O) groups excluding carboxylic acids is 3. The van der Waals surface area contributed by atoms with E-state index in [4.69, 9.17) is 14.2 Å². The van der Waals surface area contributed by atoms with Crippen molar-refractivity contribution in [1.82, 2.24) is 0 Å². The minimum atomic E-state index is -0.455. The van der Waals surface area contributed by atoms with Crippen molar-refractivity contribution in [1.29, 1.82) is 0 Å². The molecule has 5 unspecified atom stereocenters. The lowest BCUT2D eigenvalue weighted by Crippen LogP contribution is -2.39. The van der Waals surface area contributed by atoms with Crippen LogP contribution in [0.1, 0.15) is 39.5 Å². The molecule has 5 atom stereocenters. The molecule has 1 aliphatic heterocycles. The molecule has 0 amide bonds. The molecule has 2 aliphatic carbocycles. The van der Waals surface area contributed by atoms with Gasteiger partial charge in [0.2, 0.25) is 0 Å². The number of rotatable bonds is 6. The van der Waals surface area contributed by atoms with Gasteiger partial charge in [-0.05, 0) is 33.1 Å². The van der Waals surface area contributed by atoms with Crippen molar-refractivity contribution >= 4 is 17.9 Å². The molecular formula is C17H22O6. The van der Waals surface area contributed by atoms with Crippen LogP contribution in [0.2, 0.25) is 0 Å². The molecule has 0 aromatic carbocycles. The molecule has 6 nitrogen and oxygen atoms in total. The zero-order valence-corrected chi connectivity index (χ0v) is 13.5. The summed E-state index contributed by atoms with van der Waals surface area (Å²) in [6.07, 6.45) is 1.61. The van der Waals surface area contributed by atoms with Crippen molar-refractivity contribution in [2.45, 2.75) is 51.7 Å². The molecule has 0 spiro atoms. The first-order chi connectivity index (χ1) is 10.8. The molecule has 3 aliphatic rings. The molecule has 0 aromatic rings. The van der Waals surface area contributed by atoms with Crippen LogP contribution in [0.4, 0.5) is 0 Å². The van der Waals surface area contributed by atoms with Crippen LogP contribution >= 0.6 is 0 Å². The topological polar surface area (TPSA) is 78.9 Å². The fourth-order valence-corrected chi connectivity index (χ4v) is 4.13. The number of ether oxygens (including phenoxy) is 3. The van der Waals surface area contributed by atoms with Gasteiger partial charge in [0, 0.05) is 23.8 Å². The maximum Gasteiger partial charge on any atom is 0.333 e. The van der Waals surface area contributed by atoms with Crippen LogP contribution in [-0.4, -0.2) is 36.7 Å². The lowest BCUT2D eigenvalue weighted by molar-refractivity contribution is -0.162. The molecule has 2 bridgehead atoms. The van der Waals surface area contributed by atoms with E-state index in [0.717, 1.165) is 12.8 Å². The maximum atomic E-state index is 12.0. The predicted molar refractivity (Wildman–Crippen MR) is 79.1 cm³/mol. The van der Waals surface area contributed by atoms with Crippen LogP contribution in [0.3, 0.4) is 0 Å². The zero-order valence-electron chi connectivity index (χ0n) is 13.5. The molecule has 1 heterocycles. The summed E-state index contributed by atoms with van der Waals surface area (Å²) in [5, 5.41) is 0. The van der Waals surface area contributed by atoms with E-state index in [1.54, 1.807) is 6.92 Å². The zero-order chi connectivity index (χ0) is 16.8. The molecule has 0 N–H and O–H groups in total. The first kappa shape index (κ1) is 16.0. The number of carbonyl (C=O) groups is 3. The van der Waals surface area contributed by atoms with E-state index in [2.05, 4.69) is 6.58 Å². The molecule has 6 heteroatoms. The molecule has 2 saturated carbocycles. The molecule has 0 aromatic heterocycles. The highest BCUT2D eigenvalue weighted by Crippen LogP contribution is 2.62. The van der Waals surface area contributed by atoms with Gasteiger partial charge in [-0.25, -0.2) is 4.79 Å². The third kappa shape index (κ3) is 2.64. The van der Waals surface area contributed by atoms with Gasteiger partial charge in [-0.15, -0.1) is 0 Å². The second-order valence-electron chi connectivity index (χ2n) is 7.07. The molecular weight excluding hydrogens is 300 g/mol. The number of fused-ring (bicyclic) bond motifs is 1. The fraction of sp³-hybridized carbons (Fsp3) is 0.706. The molecule has 0 radical (unpaired) electrons. The second-order valence-corrected chi connectivity index (χ2v) is 7.07. The molecule has 1 saturated heterocycles. The first-order valence-corrected chi connectivity index (χ1v) is 8.06. The Labute approximate surface area is 135 Å². The SMILES string of the molecule is C=C(C)C(=O)OCCCC(=O)OC1C2CC3C1OC(=O)C3(C)C2. The Kier molecular flexibility index (Phi) is 3.94. The van der Waals surface area contributed by atoms with Gasteiger partial charge in [-0.3, -0.25) is 9.59 Å². The van der Waals surface area contributed by atoms with Crippen molar-refractivity contribution in [3.63, 3.8) is 0 Å². The van der Waals surface area contributed by atoms with E-state index < -0.39 is 5.97 Å². The maximum absolute atomic E-state index is 12.0. The fourth-order valence-electron chi connectivity index (χ4n) is 4.13. The van der Waals surface area contributed by atoms with Crippen LogP contribution in [0.25, 0.3) is 0 Å². The van der Waals surface area contributed by atoms with E-state index in [9.17, 15) is 14.4 Å². The van der Waals surface area contributed by atoms with Gasteiger partial charge in [0.05, 0.1) is 12.0 Å². The summed E-state index contributed by atoms with van der Waals surface area (Å²) in [5.41, 5.74) is -0.0460. The molecule has 3 rings (SSSR count). The van der Waals surface area contributed by atoms with E-state index in [1.807, 2.05) is 6.92 Å². The second kappa shape index (κ2) is 5.65. The van der Waals surface area contributed by atoms with Gasteiger partial charge >= 0.3 is 17.9 Å². The standard InChI is InChI=1S/C17H22O6/c1-9(2)15(19)21-6-4-5-12(18)22-13-10-7-11-14(13)23-16(20)17(11,3)8-10/h10-11,13-14H,1,4-8H2,2-3H3. The van der Waals surface area contributed by atoms with Crippen molar-refractivity contribution in [2.24, 2.45) is 17.3 Å². The highest BCUT2D eigenvalue weighted by atomic mass is 16.6. The van der Waals surface area contributed by atoms with Crippen molar-refractivity contribution in [3.8, 4) is 0 Å². The van der Waals surface area contributed by atoms with E-state index >= 15 is 0 Å². The summed E-state index contributed by atoms with van der Waals surface area (Å²) in [6, 6.07) is 0. The highest BCUT2D eigenvalue weighted by molar-refractivity contribution is 5.86. The van der Waals surface area contributed by atoms with E-state index in [1.165, 1.54) is 0 Å².